The SMILES string of the molecule is N=C1N(CC(=O)O)CCN1P(=O)([O-])[O-].[Li+].[Li+]. The number of rotatable bonds is 3. The van der Waals surface area contributed by atoms with Crippen LogP contribution in [0.1, 0.15) is 0 Å². The van der Waals surface area contributed by atoms with E-state index in [4.69, 9.17) is 10.5 Å². The molecule has 1 fully saturated rings. The quantitative estimate of drug-likeness (QED) is 0.366. The Hall–Kier alpha value is 0.0848. The molecular formula is C5H8Li2N3O5P. The summed E-state index contributed by atoms with van der Waals surface area (Å²) in [5.41, 5.74) is 0. The molecule has 0 aliphatic carbocycles. The zero-order chi connectivity index (χ0) is 10.9. The molecule has 1 saturated heterocycles. The summed E-state index contributed by atoms with van der Waals surface area (Å²) in [6.45, 7) is -0.578. The van der Waals surface area contributed by atoms with Crippen molar-refractivity contribution < 1.29 is 62.0 Å². The van der Waals surface area contributed by atoms with E-state index >= 15 is 0 Å². The van der Waals surface area contributed by atoms with Gasteiger partial charge in [0.15, 0.2) is 5.96 Å². The Morgan fingerprint density at radius 3 is 2.25 bits per heavy atom. The second-order valence-electron chi connectivity index (χ2n) is 2.73. The van der Waals surface area contributed by atoms with Crippen molar-refractivity contribution in [3.63, 3.8) is 0 Å². The van der Waals surface area contributed by atoms with E-state index in [-0.39, 0.29) is 50.8 Å². The molecule has 0 aromatic rings. The molecule has 0 saturated carbocycles. The normalized spacial score (nSPS) is 15.5. The maximum absolute atomic E-state index is 10.6. The fourth-order valence-corrected chi connectivity index (χ4v) is 1.84. The van der Waals surface area contributed by atoms with Crippen LogP contribution in [0.2, 0.25) is 0 Å². The van der Waals surface area contributed by atoms with Crippen LogP contribution in [0, 0.1) is 5.41 Å². The molecule has 1 aliphatic heterocycles. The van der Waals surface area contributed by atoms with Crippen LogP contribution in [-0.4, -0.2) is 46.2 Å². The first-order valence-corrected chi connectivity index (χ1v) is 5.17. The van der Waals surface area contributed by atoms with Crippen LogP contribution in [0.5, 0.6) is 0 Å². The first-order chi connectivity index (χ1) is 6.32. The van der Waals surface area contributed by atoms with Gasteiger partial charge in [0.05, 0.1) is 0 Å². The van der Waals surface area contributed by atoms with Gasteiger partial charge in [0.1, 0.15) is 6.54 Å². The number of nitrogens with zero attached hydrogens (tertiary/aromatic N) is 2. The van der Waals surface area contributed by atoms with Gasteiger partial charge >= 0.3 is 43.7 Å². The minimum atomic E-state index is -4.98. The van der Waals surface area contributed by atoms with E-state index in [2.05, 4.69) is 0 Å². The molecule has 0 aromatic heterocycles. The molecule has 1 aliphatic rings. The van der Waals surface area contributed by atoms with Crippen molar-refractivity contribution in [2.24, 2.45) is 0 Å². The summed E-state index contributed by atoms with van der Waals surface area (Å²) in [4.78, 5) is 32.4. The van der Waals surface area contributed by atoms with Gasteiger partial charge in [-0.3, -0.25) is 10.2 Å². The predicted molar refractivity (Wildman–Crippen MR) is 41.2 cm³/mol. The van der Waals surface area contributed by atoms with Crippen molar-refractivity contribution in [3.8, 4) is 0 Å². The van der Waals surface area contributed by atoms with E-state index in [9.17, 15) is 19.1 Å². The van der Waals surface area contributed by atoms with Gasteiger partial charge in [0, 0.05) is 20.8 Å². The summed E-state index contributed by atoms with van der Waals surface area (Å²) in [5.74, 6) is -1.75. The van der Waals surface area contributed by atoms with Crippen LogP contribution in [-0.2, 0) is 9.36 Å². The van der Waals surface area contributed by atoms with E-state index in [0.717, 1.165) is 4.90 Å². The van der Waals surface area contributed by atoms with Crippen LogP contribution in [0.4, 0.5) is 0 Å². The van der Waals surface area contributed by atoms with Crippen molar-refractivity contribution in [2.75, 3.05) is 19.6 Å². The third-order valence-corrected chi connectivity index (χ3v) is 2.73. The fourth-order valence-electron chi connectivity index (χ4n) is 1.15. The molecule has 16 heavy (non-hydrogen) atoms. The summed E-state index contributed by atoms with van der Waals surface area (Å²) < 4.78 is 10.9. The van der Waals surface area contributed by atoms with Crippen LogP contribution < -0.4 is 47.5 Å². The second-order valence-corrected chi connectivity index (χ2v) is 4.15. The van der Waals surface area contributed by atoms with Crippen molar-refractivity contribution in [3.05, 3.63) is 0 Å². The van der Waals surface area contributed by atoms with Crippen LogP contribution >= 0.6 is 7.75 Å². The zero-order valence-electron chi connectivity index (χ0n) is 9.04. The Labute approximate surface area is 116 Å². The molecule has 1 rings (SSSR count). The van der Waals surface area contributed by atoms with Gasteiger partial charge in [0.25, 0.3) is 0 Å². The molecule has 0 unspecified atom stereocenters. The Kier molecular flexibility index (Phi) is 7.76. The van der Waals surface area contributed by atoms with E-state index in [0.29, 0.717) is 4.67 Å². The van der Waals surface area contributed by atoms with Crippen LogP contribution in [0.25, 0.3) is 0 Å². The summed E-state index contributed by atoms with van der Waals surface area (Å²) in [7, 11) is -4.98. The maximum atomic E-state index is 10.6. The minimum absolute atomic E-state index is 0. The standard InChI is InChI=1S/C5H10N3O5P.2Li/c6-5-7(3-4(9)10)1-2-8(5)14(11,12)13;;/h6H,1-3H2,(H,9,10)(H2,11,12,13);;/q;2*+1/p-2. The Morgan fingerprint density at radius 1 is 1.44 bits per heavy atom. The number of guanidine groups is 1. The van der Waals surface area contributed by atoms with Gasteiger partial charge in [-0.05, 0) is 0 Å². The molecule has 2 N–H and O–H groups in total. The molecule has 0 amide bonds. The van der Waals surface area contributed by atoms with Crippen LogP contribution in [0.15, 0.2) is 0 Å². The molecular weight excluding hydrogens is 227 g/mol. The van der Waals surface area contributed by atoms with E-state index in [1.165, 1.54) is 0 Å². The van der Waals surface area contributed by atoms with Crippen molar-refractivity contribution >= 4 is 19.7 Å². The van der Waals surface area contributed by atoms with E-state index in [1.54, 1.807) is 0 Å². The third-order valence-electron chi connectivity index (χ3n) is 1.75. The average molecular weight is 235 g/mol. The largest absolute Gasteiger partial charge is 1.00 e. The first-order valence-electron chi connectivity index (χ1n) is 3.67. The van der Waals surface area contributed by atoms with Crippen molar-refractivity contribution in [1.82, 2.24) is 9.57 Å². The summed E-state index contributed by atoms with van der Waals surface area (Å²) in [5, 5.41) is 15.6. The van der Waals surface area contributed by atoms with Crippen molar-refractivity contribution in [2.45, 2.75) is 0 Å². The Bertz CT molecular complexity index is 321. The van der Waals surface area contributed by atoms with Gasteiger partial charge in [-0.15, -0.1) is 0 Å². The van der Waals surface area contributed by atoms with Gasteiger partial charge in [-0.25, -0.2) is 0 Å². The van der Waals surface area contributed by atoms with Gasteiger partial charge in [-0.2, -0.15) is 0 Å². The van der Waals surface area contributed by atoms with E-state index < -0.39 is 26.2 Å². The molecule has 0 spiro atoms. The summed E-state index contributed by atoms with van der Waals surface area (Å²) >= 11 is 0. The van der Waals surface area contributed by atoms with Gasteiger partial charge in [0.2, 0.25) is 0 Å². The van der Waals surface area contributed by atoms with Crippen molar-refractivity contribution in [1.29, 1.82) is 5.41 Å². The number of hydrogen-bond acceptors (Lipinski definition) is 5. The molecule has 0 aromatic carbocycles. The summed E-state index contributed by atoms with van der Waals surface area (Å²) in [6, 6.07) is 0. The fraction of sp³-hybridized carbons (Fsp3) is 0.600. The van der Waals surface area contributed by atoms with Gasteiger partial charge in [-0.1, -0.05) is 0 Å². The maximum Gasteiger partial charge on any atom is 1.00 e. The number of aliphatic carboxylic acids is 1. The second kappa shape index (κ2) is 6.73. The molecule has 0 atom stereocenters. The third kappa shape index (κ3) is 4.53. The molecule has 0 bridgehead atoms. The smallest absolute Gasteiger partial charge is 0.795 e. The topological polar surface area (TPSA) is 131 Å². The average Bonchev–Trinajstić information content (AvgIpc) is 2.30. The predicted octanol–water partition coefficient (Wildman–Crippen LogP) is -8.54. The first kappa shape index (κ1) is 18.4. The monoisotopic (exact) mass is 235 g/mol. The van der Waals surface area contributed by atoms with Crippen LogP contribution in [0.3, 0.4) is 0 Å². The molecule has 8 nitrogen and oxygen atoms in total. The minimum Gasteiger partial charge on any atom is -0.795 e. The summed E-state index contributed by atoms with van der Waals surface area (Å²) in [6.07, 6.45) is 0. The Balaban J connectivity index is 0. The van der Waals surface area contributed by atoms with E-state index in [1.807, 2.05) is 0 Å². The number of carboxylic acids is 1. The molecule has 80 valence electrons. The molecule has 1 heterocycles. The zero-order valence-corrected chi connectivity index (χ0v) is 9.94. The molecule has 11 heteroatoms. The molecule has 0 radical (unpaired) electrons. The number of nitrogens with one attached hydrogen (secondary N) is 1. The number of carbonyl (C=O) groups is 1. The Morgan fingerprint density at radius 2 is 1.94 bits per heavy atom. The number of carboxylic acid groups (broad SMARTS) is 1. The number of hydrogen-bond donors (Lipinski definition) is 2. The van der Waals surface area contributed by atoms with Gasteiger partial charge < -0.3 is 29.0 Å².